The van der Waals surface area contributed by atoms with E-state index in [-0.39, 0.29) is 17.6 Å². The topological polar surface area (TPSA) is 75.6 Å². The Kier molecular flexibility index (Phi) is 5.67. The molecular formula is C19H25BrN3O3+. The second-order valence-electron chi connectivity index (χ2n) is 7.11. The molecule has 6 nitrogen and oxygen atoms in total. The zero-order valence-electron chi connectivity index (χ0n) is 15.3. The number of amides is 1. The zero-order valence-corrected chi connectivity index (χ0v) is 16.9. The van der Waals surface area contributed by atoms with E-state index in [2.05, 4.69) is 33.2 Å². The predicted molar refractivity (Wildman–Crippen MR) is 105 cm³/mol. The Morgan fingerprint density at radius 2 is 2.04 bits per heavy atom. The third-order valence-corrected chi connectivity index (χ3v) is 5.81. The SMILES string of the molecule is COC(=O)c1[nH]c2ccc(Br)cc2c1NC(=O)[C@H](C)[NH+]1CCC(C)CC1. The van der Waals surface area contributed by atoms with Crippen molar-refractivity contribution < 1.29 is 19.2 Å². The van der Waals surface area contributed by atoms with Gasteiger partial charge in [0, 0.05) is 15.4 Å². The van der Waals surface area contributed by atoms with Crippen LogP contribution in [0.1, 0.15) is 37.2 Å². The number of hydrogen-bond donors (Lipinski definition) is 3. The van der Waals surface area contributed by atoms with Crippen LogP contribution in [0.2, 0.25) is 0 Å². The van der Waals surface area contributed by atoms with E-state index in [1.807, 2.05) is 25.1 Å². The standard InChI is InChI=1S/C19H24BrN3O3/c1-11-6-8-23(9-7-11)12(2)18(24)22-16-14-10-13(20)4-5-15(14)21-17(16)19(25)26-3/h4-5,10-12,21H,6-9H2,1-3H3,(H,22,24)/p+1/t12-/m0/s1. The first-order chi connectivity index (χ1) is 12.4. The summed E-state index contributed by atoms with van der Waals surface area (Å²) in [6, 6.07) is 5.45. The van der Waals surface area contributed by atoms with Gasteiger partial charge in [0.15, 0.2) is 6.04 Å². The first kappa shape index (κ1) is 18.9. The number of aromatic nitrogens is 1. The molecule has 1 saturated heterocycles. The molecule has 2 heterocycles. The maximum Gasteiger partial charge on any atom is 0.356 e. The number of carbonyl (C=O) groups excluding carboxylic acids is 2. The van der Waals surface area contributed by atoms with Crippen molar-refractivity contribution in [3.63, 3.8) is 0 Å². The van der Waals surface area contributed by atoms with Crippen LogP contribution in [0.3, 0.4) is 0 Å². The van der Waals surface area contributed by atoms with Crippen molar-refractivity contribution >= 4 is 44.4 Å². The Morgan fingerprint density at radius 3 is 2.69 bits per heavy atom. The molecule has 0 bridgehead atoms. The summed E-state index contributed by atoms with van der Waals surface area (Å²) in [7, 11) is 1.33. The highest BCUT2D eigenvalue weighted by Crippen LogP contribution is 2.30. The summed E-state index contributed by atoms with van der Waals surface area (Å²) >= 11 is 3.45. The van der Waals surface area contributed by atoms with Crippen LogP contribution in [0.5, 0.6) is 0 Å². The molecule has 0 aliphatic carbocycles. The second-order valence-corrected chi connectivity index (χ2v) is 8.02. The van der Waals surface area contributed by atoms with Crippen molar-refractivity contribution in [1.82, 2.24) is 4.98 Å². The summed E-state index contributed by atoms with van der Waals surface area (Å²) in [5.74, 6) is 0.144. The largest absolute Gasteiger partial charge is 0.464 e. The number of likely N-dealkylation sites (tertiary alicyclic amines) is 1. The van der Waals surface area contributed by atoms with E-state index in [9.17, 15) is 9.59 Å². The van der Waals surface area contributed by atoms with E-state index in [0.29, 0.717) is 5.69 Å². The Labute approximate surface area is 161 Å². The number of halogens is 1. The van der Waals surface area contributed by atoms with Crippen molar-refractivity contribution in [3.05, 3.63) is 28.4 Å². The Balaban J connectivity index is 1.88. The number of nitrogens with one attached hydrogen (secondary N) is 3. The fourth-order valence-corrected chi connectivity index (χ4v) is 3.89. The van der Waals surface area contributed by atoms with Gasteiger partial charge in [-0.3, -0.25) is 4.79 Å². The number of H-pyrrole nitrogens is 1. The van der Waals surface area contributed by atoms with Gasteiger partial charge >= 0.3 is 5.97 Å². The molecule has 7 heteroatoms. The quantitative estimate of drug-likeness (QED) is 0.661. The molecular weight excluding hydrogens is 398 g/mol. The third-order valence-electron chi connectivity index (χ3n) is 5.32. The summed E-state index contributed by atoms with van der Waals surface area (Å²) < 4.78 is 5.74. The number of piperidine rings is 1. The third kappa shape index (κ3) is 3.78. The Morgan fingerprint density at radius 1 is 1.35 bits per heavy atom. The molecule has 2 aromatic rings. The van der Waals surface area contributed by atoms with Crippen LogP contribution in [0, 0.1) is 5.92 Å². The number of esters is 1. The number of anilines is 1. The molecule has 1 amide bonds. The molecule has 1 aromatic carbocycles. The minimum absolute atomic E-state index is 0.0828. The van der Waals surface area contributed by atoms with Crippen molar-refractivity contribution in [2.24, 2.45) is 5.92 Å². The lowest BCUT2D eigenvalue weighted by atomic mass is 9.98. The fraction of sp³-hybridized carbons (Fsp3) is 0.474. The number of fused-ring (bicyclic) bond motifs is 1. The van der Waals surface area contributed by atoms with Gasteiger partial charge < -0.3 is 19.9 Å². The Bertz CT molecular complexity index is 825. The van der Waals surface area contributed by atoms with E-state index in [1.54, 1.807) is 0 Å². The van der Waals surface area contributed by atoms with Gasteiger partial charge in [0.25, 0.3) is 5.91 Å². The number of quaternary nitrogens is 1. The molecule has 26 heavy (non-hydrogen) atoms. The molecule has 0 spiro atoms. The van der Waals surface area contributed by atoms with Gasteiger partial charge in [-0.15, -0.1) is 0 Å². The van der Waals surface area contributed by atoms with Crippen LogP contribution in [-0.4, -0.2) is 43.1 Å². The van der Waals surface area contributed by atoms with Crippen molar-refractivity contribution in [3.8, 4) is 0 Å². The lowest BCUT2D eigenvalue weighted by molar-refractivity contribution is -0.919. The summed E-state index contributed by atoms with van der Waals surface area (Å²) in [6.45, 7) is 6.20. The van der Waals surface area contributed by atoms with Gasteiger partial charge in [0.05, 0.1) is 25.9 Å². The van der Waals surface area contributed by atoms with Crippen molar-refractivity contribution in [2.75, 3.05) is 25.5 Å². The molecule has 1 atom stereocenters. The number of carbonyl (C=O) groups is 2. The van der Waals surface area contributed by atoms with Gasteiger partial charge in [0.1, 0.15) is 5.69 Å². The first-order valence-corrected chi connectivity index (χ1v) is 9.75. The lowest BCUT2D eigenvalue weighted by Crippen LogP contribution is -3.17. The minimum atomic E-state index is -0.501. The number of rotatable bonds is 4. The highest BCUT2D eigenvalue weighted by atomic mass is 79.9. The van der Waals surface area contributed by atoms with Gasteiger partial charge in [-0.05, 0) is 43.9 Å². The van der Waals surface area contributed by atoms with E-state index in [0.717, 1.165) is 47.2 Å². The molecule has 1 fully saturated rings. The average molecular weight is 423 g/mol. The highest BCUT2D eigenvalue weighted by molar-refractivity contribution is 9.10. The van der Waals surface area contributed by atoms with E-state index >= 15 is 0 Å². The number of methoxy groups -OCH3 is 1. The number of aromatic amines is 1. The molecule has 3 N–H and O–H groups in total. The summed E-state index contributed by atoms with van der Waals surface area (Å²) in [6.07, 6.45) is 2.28. The summed E-state index contributed by atoms with van der Waals surface area (Å²) in [5.41, 5.74) is 1.52. The first-order valence-electron chi connectivity index (χ1n) is 8.95. The predicted octanol–water partition coefficient (Wildman–Crippen LogP) is 2.36. The maximum atomic E-state index is 12.9. The summed E-state index contributed by atoms with van der Waals surface area (Å²) in [5, 5.41) is 3.75. The van der Waals surface area contributed by atoms with Crippen LogP contribution in [0.15, 0.2) is 22.7 Å². The van der Waals surface area contributed by atoms with Crippen LogP contribution in [0.4, 0.5) is 5.69 Å². The van der Waals surface area contributed by atoms with E-state index in [4.69, 9.17) is 4.74 Å². The zero-order chi connectivity index (χ0) is 18.8. The number of benzene rings is 1. The average Bonchev–Trinajstić information content (AvgIpc) is 2.98. The van der Waals surface area contributed by atoms with Gasteiger partial charge in [-0.25, -0.2) is 4.79 Å². The van der Waals surface area contributed by atoms with Crippen molar-refractivity contribution in [2.45, 2.75) is 32.7 Å². The lowest BCUT2D eigenvalue weighted by Gasteiger charge is -2.31. The van der Waals surface area contributed by atoms with Crippen LogP contribution in [-0.2, 0) is 9.53 Å². The fourth-order valence-electron chi connectivity index (χ4n) is 3.53. The molecule has 0 saturated carbocycles. The van der Waals surface area contributed by atoms with Crippen LogP contribution < -0.4 is 10.2 Å². The Hall–Kier alpha value is -1.86. The molecule has 1 aromatic heterocycles. The molecule has 3 rings (SSSR count). The maximum absolute atomic E-state index is 12.9. The minimum Gasteiger partial charge on any atom is -0.464 e. The summed E-state index contributed by atoms with van der Waals surface area (Å²) in [4.78, 5) is 29.4. The van der Waals surface area contributed by atoms with Crippen molar-refractivity contribution in [1.29, 1.82) is 0 Å². The van der Waals surface area contributed by atoms with E-state index < -0.39 is 5.97 Å². The van der Waals surface area contributed by atoms with Gasteiger partial charge in [-0.1, -0.05) is 22.9 Å². The van der Waals surface area contributed by atoms with Crippen LogP contribution in [0.25, 0.3) is 10.9 Å². The van der Waals surface area contributed by atoms with Gasteiger partial charge in [0.2, 0.25) is 0 Å². The molecule has 0 radical (unpaired) electrons. The number of hydrogen-bond acceptors (Lipinski definition) is 3. The smallest absolute Gasteiger partial charge is 0.356 e. The molecule has 140 valence electrons. The van der Waals surface area contributed by atoms with E-state index in [1.165, 1.54) is 12.0 Å². The highest BCUT2D eigenvalue weighted by Gasteiger charge is 2.30. The van der Waals surface area contributed by atoms with Gasteiger partial charge in [-0.2, -0.15) is 0 Å². The second kappa shape index (κ2) is 7.80. The number of ether oxygens (including phenoxy) is 1. The van der Waals surface area contributed by atoms with Crippen LogP contribution >= 0.6 is 15.9 Å². The molecule has 1 aliphatic rings. The molecule has 0 unspecified atom stereocenters. The monoisotopic (exact) mass is 422 g/mol. The molecule has 1 aliphatic heterocycles. The normalized spacial score (nSPS) is 21.4.